The summed E-state index contributed by atoms with van der Waals surface area (Å²) in [4.78, 5) is 1.24. The molecule has 0 atom stereocenters. The Bertz CT molecular complexity index is 74.5. The van der Waals surface area contributed by atoms with Crippen LogP contribution in [0.1, 0.15) is 20.3 Å². The summed E-state index contributed by atoms with van der Waals surface area (Å²) in [5.41, 5.74) is 0.474. The molecule has 0 N–H and O–H groups in total. The Balaban J connectivity index is 3.53. The van der Waals surface area contributed by atoms with Crippen LogP contribution in [0, 0.1) is 5.41 Å². The molecule has 0 saturated heterocycles. The molecular formula is C7H13Ir. The Kier molecular flexibility index (Phi) is 3.59. The van der Waals surface area contributed by atoms with Crippen LogP contribution in [0.3, 0.4) is 0 Å². The Morgan fingerprint density at radius 2 is 2.12 bits per heavy atom. The maximum absolute atomic E-state index is 3.69. The first-order valence-corrected chi connectivity index (χ1v) is 4.45. The molecule has 0 bridgehead atoms. The van der Waals surface area contributed by atoms with Crippen molar-refractivity contribution in [3.63, 3.8) is 0 Å². The zero-order valence-corrected chi connectivity index (χ0v) is 7.93. The van der Waals surface area contributed by atoms with E-state index in [4.69, 9.17) is 0 Å². The van der Waals surface area contributed by atoms with Gasteiger partial charge in [0.15, 0.2) is 0 Å². The van der Waals surface area contributed by atoms with Gasteiger partial charge in [0.05, 0.1) is 0 Å². The summed E-state index contributed by atoms with van der Waals surface area (Å²) in [5.74, 6) is 0. The normalized spacial score (nSPS) is 11.5. The molecule has 0 rings (SSSR count). The maximum atomic E-state index is 3.69. The summed E-state index contributed by atoms with van der Waals surface area (Å²) >= 11 is 2.21. The molecule has 0 nitrogen and oxygen atoms in total. The van der Waals surface area contributed by atoms with Gasteiger partial charge in [0.25, 0.3) is 0 Å². The minimum atomic E-state index is 0.474. The Labute approximate surface area is 62.5 Å². The van der Waals surface area contributed by atoms with Gasteiger partial charge in [-0.1, -0.05) is 0 Å². The van der Waals surface area contributed by atoms with Gasteiger partial charge in [-0.3, -0.25) is 0 Å². The predicted octanol–water partition coefficient (Wildman–Crippen LogP) is 2.55. The van der Waals surface area contributed by atoms with Gasteiger partial charge in [-0.05, 0) is 0 Å². The van der Waals surface area contributed by atoms with Crippen LogP contribution in [0.15, 0.2) is 12.7 Å². The van der Waals surface area contributed by atoms with Crippen molar-refractivity contribution in [1.29, 1.82) is 0 Å². The van der Waals surface area contributed by atoms with E-state index in [1.54, 1.807) is 0 Å². The Hall–Kier alpha value is 0.389. The van der Waals surface area contributed by atoms with E-state index in [0.29, 0.717) is 5.41 Å². The molecule has 0 amide bonds. The van der Waals surface area contributed by atoms with Gasteiger partial charge in [-0.25, -0.2) is 0 Å². The average molecular weight is 289 g/mol. The summed E-state index contributed by atoms with van der Waals surface area (Å²) in [6.07, 6.45) is 3.12. The van der Waals surface area contributed by atoms with E-state index in [2.05, 4.69) is 39.3 Å². The van der Waals surface area contributed by atoms with Gasteiger partial charge in [-0.15, -0.1) is 0 Å². The Morgan fingerprint density at radius 1 is 1.62 bits per heavy atom. The molecule has 50 valence electrons. The number of allylic oxidation sites excluding steroid dienone is 1. The van der Waals surface area contributed by atoms with E-state index in [0.717, 1.165) is 6.42 Å². The van der Waals surface area contributed by atoms with Crippen molar-refractivity contribution in [2.24, 2.45) is 5.41 Å². The van der Waals surface area contributed by atoms with Crippen LogP contribution in [0.2, 0.25) is 4.93 Å². The quantitative estimate of drug-likeness (QED) is 0.701. The minimum absolute atomic E-state index is 0.474. The van der Waals surface area contributed by atoms with Crippen LogP contribution in [0.4, 0.5) is 0 Å². The van der Waals surface area contributed by atoms with E-state index in [-0.39, 0.29) is 0 Å². The zero-order chi connectivity index (χ0) is 6.62. The predicted molar refractivity (Wildman–Crippen MR) is 33.4 cm³/mol. The fraction of sp³-hybridized carbons (Fsp3) is 0.714. The number of hydrogen-bond donors (Lipinski definition) is 0. The molecule has 0 aromatic rings. The molecule has 0 aliphatic carbocycles. The molecule has 0 fully saturated rings. The summed E-state index contributed by atoms with van der Waals surface area (Å²) in [6, 6.07) is 0. The number of rotatable bonds is 3. The SMILES string of the molecule is C=CCC(C)(C)[CH2][Ir]. The van der Waals surface area contributed by atoms with Crippen LogP contribution in [-0.2, 0) is 18.9 Å². The van der Waals surface area contributed by atoms with Crippen molar-refractivity contribution < 1.29 is 18.9 Å². The first-order valence-electron chi connectivity index (χ1n) is 2.76. The van der Waals surface area contributed by atoms with E-state index in [1.807, 2.05) is 6.08 Å². The second-order valence-electron chi connectivity index (χ2n) is 2.77. The summed E-state index contributed by atoms with van der Waals surface area (Å²) < 4.78 is 0. The Morgan fingerprint density at radius 3 is 2.25 bits per heavy atom. The van der Waals surface area contributed by atoms with E-state index in [1.165, 1.54) is 4.93 Å². The van der Waals surface area contributed by atoms with Crippen LogP contribution >= 0.6 is 0 Å². The molecule has 0 spiro atoms. The zero-order valence-electron chi connectivity index (χ0n) is 5.53. The van der Waals surface area contributed by atoms with Crippen molar-refractivity contribution in [2.75, 3.05) is 0 Å². The van der Waals surface area contributed by atoms with Crippen molar-refractivity contribution in [1.82, 2.24) is 0 Å². The van der Waals surface area contributed by atoms with Crippen molar-refractivity contribution in [3.05, 3.63) is 12.7 Å². The van der Waals surface area contributed by atoms with Crippen molar-refractivity contribution in [2.45, 2.75) is 25.2 Å². The molecule has 0 saturated carbocycles. The van der Waals surface area contributed by atoms with Crippen LogP contribution < -0.4 is 0 Å². The van der Waals surface area contributed by atoms with Gasteiger partial charge in [0.2, 0.25) is 0 Å². The third-order valence-electron chi connectivity index (χ3n) is 1.02. The molecule has 8 heavy (non-hydrogen) atoms. The molecule has 1 heteroatoms. The first kappa shape index (κ1) is 8.39. The average Bonchev–Trinajstić information content (AvgIpc) is 1.67. The molecule has 0 heterocycles. The van der Waals surface area contributed by atoms with Gasteiger partial charge in [0.1, 0.15) is 0 Å². The fourth-order valence-corrected chi connectivity index (χ4v) is 0.785. The van der Waals surface area contributed by atoms with E-state index < -0.39 is 0 Å². The van der Waals surface area contributed by atoms with E-state index in [9.17, 15) is 0 Å². The van der Waals surface area contributed by atoms with Crippen molar-refractivity contribution >= 4 is 0 Å². The van der Waals surface area contributed by atoms with E-state index >= 15 is 0 Å². The van der Waals surface area contributed by atoms with Crippen LogP contribution in [0.25, 0.3) is 0 Å². The fourth-order valence-electron chi connectivity index (χ4n) is 0.439. The third-order valence-corrected chi connectivity index (χ3v) is 3.31. The summed E-state index contributed by atoms with van der Waals surface area (Å²) in [7, 11) is 0. The van der Waals surface area contributed by atoms with Crippen LogP contribution in [0.5, 0.6) is 0 Å². The molecule has 0 radical (unpaired) electrons. The molecule has 0 unspecified atom stereocenters. The van der Waals surface area contributed by atoms with Crippen LogP contribution in [-0.4, -0.2) is 0 Å². The molecular weight excluding hydrogens is 276 g/mol. The number of hydrogen-bond acceptors (Lipinski definition) is 0. The van der Waals surface area contributed by atoms with Gasteiger partial charge in [0, 0.05) is 0 Å². The third kappa shape index (κ3) is 3.40. The molecule has 0 aromatic carbocycles. The van der Waals surface area contributed by atoms with Gasteiger partial charge in [-0.2, -0.15) is 0 Å². The molecule has 0 aromatic heterocycles. The summed E-state index contributed by atoms with van der Waals surface area (Å²) in [6.45, 7) is 8.21. The van der Waals surface area contributed by atoms with Gasteiger partial charge < -0.3 is 0 Å². The monoisotopic (exact) mass is 290 g/mol. The molecule has 0 aliphatic rings. The van der Waals surface area contributed by atoms with Gasteiger partial charge >= 0.3 is 62.2 Å². The second kappa shape index (κ2) is 3.42. The van der Waals surface area contributed by atoms with Crippen molar-refractivity contribution in [3.8, 4) is 0 Å². The topological polar surface area (TPSA) is 0 Å². The second-order valence-corrected chi connectivity index (χ2v) is 3.62. The summed E-state index contributed by atoms with van der Waals surface area (Å²) in [5, 5.41) is 0. The standard InChI is InChI=1S/C7H13.Ir/c1-5-6-7(2,3)4;/h5H,1-2,6H2,3-4H3;. The molecule has 0 aliphatic heterocycles. The first-order chi connectivity index (χ1) is 3.62.